The van der Waals surface area contributed by atoms with Crippen LogP contribution >= 0.6 is 46.5 Å². The molecule has 1 heterocycles. The van der Waals surface area contributed by atoms with E-state index in [4.69, 9.17) is 36.4 Å². The Kier molecular flexibility index (Phi) is 19.1. The first-order chi connectivity index (χ1) is 28.1. The normalized spacial score (nSPS) is 10.1. The Hall–Kier alpha value is -4.56. The maximum Gasteiger partial charge on any atom is -0.0134 e. The average molecular weight is 931 g/mol. The molecule has 0 saturated heterocycles. The third-order valence-corrected chi connectivity index (χ3v) is 13.1. The molecule has 1 aromatic heterocycles. The molecule has 0 spiro atoms. The van der Waals surface area contributed by atoms with Gasteiger partial charge in [-0.25, -0.2) is 4.98 Å². The summed E-state index contributed by atoms with van der Waals surface area (Å²) in [7, 11) is 8.74. The number of pyridine rings is 1. The van der Waals surface area contributed by atoms with Crippen LogP contribution in [-0.2, 0) is 15.9 Å². The summed E-state index contributed by atoms with van der Waals surface area (Å²) in [5, 5.41) is 8.93. The monoisotopic (exact) mass is 928 g/mol. The summed E-state index contributed by atoms with van der Waals surface area (Å²) in [4.78, 5) is 4.07. The van der Waals surface area contributed by atoms with Crippen molar-refractivity contribution < 1.29 is 15.9 Å². The second-order valence-corrected chi connectivity index (χ2v) is 19.2. The first-order valence-corrected chi connectivity index (χ1v) is 24.8. The number of benzene rings is 7. The molecule has 286 valence electrons. The predicted molar refractivity (Wildman–Crippen MR) is 248 cm³/mol. The quantitative estimate of drug-likeness (QED) is 0.103. The number of aromatic nitrogens is 1. The van der Waals surface area contributed by atoms with Gasteiger partial charge in [0.15, 0.2) is 0 Å². The molecule has 8 heteroatoms. The fourth-order valence-corrected chi connectivity index (χ4v) is 10.4. The minimum Gasteiger partial charge on any atom is -0.0622 e. The summed E-state index contributed by atoms with van der Waals surface area (Å²) in [5.41, 5.74) is 7.08. The van der Waals surface area contributed by atoms with E-state index >= 15 is 0 Å². The number of anilines is 1. The van der Waals surface area contributed by atoms with E-state index in [1.807, 2.05) is 30.3 Å². The topological polar surface area (TPSA) is 38.9 Å². The van der Waals surface area contributed by atoms with Crippen molar-refractivity contribution in [1.82, 2.24) is 4.98 Å². The molecular weight excluding hydrogens is 891 g/mol. The van der Waals surface area contributed by atoms with E-state index in [2.05, 4.69) is 199 Å². The molecule has 0 aliphatic rings. The van der Waals surface area contributed by atoms with Gasteiger partial charge in [-0.05, 0) is 77.9 Å². The van der Waals surface area contributed by atoms with Crippen LogP contribution in [0.1, 0.15) is 11.3 Å². The first kappa shape index (κ1) is 43.6. The van der Waals surface area contributed by atoms with Gasteiger partial charge in [0, 0.05) is 10.6 Å². The Morgan fingerprint density at radius 3 is 0.930 bits per heavy atom. The number of hydrogen-bond acceptors (Lipinski definition) is 2. The molecule has 7 aromatic carbocycles. The van der Waals surface area contributed by atoms with Crippen LogP contribution in [0, 0.1) is 11.8 Å². The standard InChI is InChI=1S/2C18H15P.C13H9ClN2.2ClH.Pd/c2*1-4-10-16(11-5-1)19(17-12-6-2-7-13-17)18-14-8-3-9-15-18;14-11-8-12(16-13(15)9-11)7-6-10-4-2-1-3-5-10;;;/h2*1-15H;1-5,8-9H,(H2,15,16);2*1H;/q;;;;;+2/p-2. The zero-order chi connectivity index (χ0) is 39.9. The van der Waals surface area contributed by atoms with Crippen LogP contribution in [0.15, 0.2) is 224 Å². The van der Waals surface area contributed by atoms with Crippen molar-refractivity contribution in [3.8, 4) is 11.8 Å². The van der Waals surface area contributed by atoms with Crippen molar-refractivity contribution in [2.45, 2.75) is 0 Å². The van der Waals surface area contributed by atoms with Gasteiger partial charge in [0.05, 0.1) is 0 Å². The molecular formula is C49H39Cl3N2P2Pd. The summed E-state index contributed by atoms with van der Waals surface area (Å²) in [6.45, 7) is 0. The molecule has 57 heavy (non-hydrogen) atoms. The average Bonchev–Trinajstić information content (AvgIpc) is 3.26. The number of rotatable bonds is 6. The van der Waals surface area contributed by atoms with Crippen LogP contribution in [0.3, 0.4) is 0 Å². The van der Waals surface area contributed by atoms with Gasteiger partial charge >= 0.3 is 35.0 Å². The van der Waals surface area contributed by atoms with Crippen molar-refractivity contribution in [2.75, 3.05) is 5.73 Å². The first-order valence-electron chi connectivity index (χ1n) is 17.8. The van der Waals surface area contributed by atoms with Gasteiger partial charge in [0.25, 0.3) is 0 Å². The van der Waals surface area contributed by atoms with Crippen molar-refractivity contribution >= 4 is 84.1 Å². The molecule has 0 aliphatic heterocycles. The second kappa shape index (κ2) is 24.9. The molecule has 0 atom stereocenters. The Bertz CT molecular complexity index is 2040. The van der Waals surface area contributed by atoms with Crippen molar-refractivity contribution in [2.24, 2.45) is 0 Å². The van der Waals surface area contributed by atoms with Crippen LogP contribution < -0.4 is 37.6 Å². The van der Waals surface area contributed by atoms with Gasteiger partial charge in [-0.15, -0.1) is 0 Å². The zero-order valence-corrected chi connectivity index (χ0v) is 36.3. The number of hydrogen-bond donors (Lipinski definition) is 1. The molecule has 0 saturated carbocycles. The van der Waals surface area contributed by atoms with Crippen LogP contribution in [-0.4, -0.2) is 4.98 Å². The van der Waals surface area contributed by atoms with Gasteiger partial charge in [0.1, 0.15) is 11.5 Å². The Morgan fingerprint density at radius 1 is 0.404 bits per heavy atom. The fraction of sp³-hybridized carbons (Fsp3) is 0. The number of nitrogen functional groups attached to an aromatic ring is 1. The Balaban J connectivity index is 0.000000158. The largest absolute Gasteiger partial charge is 0.0622 e. The molecule has 0 bridgehead atoms. The molecule has 0 radical (unpaired) electrons. The maximum atomic E-state index is 5.84. The summed E-state index contributed by atoms with van der Waals surface area (Å²) in [5.74, 6) is 6.29. The molecule has 0 amide bonds. The number of nitrogens with two attached hydrogens (primary N) is 1. The smallest absolute Gasteiger partial charge is 0.0134 e. The second-order valence-electron chi connectivity index (χ2n) is 11.9. The molecule has 0 aliphatic carbocycles. The van der Waals surface area contributed by atoms with E-state index in [1.165, 1.54) is 31.8 Å². The summed E-state index contributed by atoms with van der Waals surface area (Å²) >= 11 is 5.74. The molecule has 2 nitrogen and oxygen atoms in total. The Morgan fingerprint density at radius 2 is 0.667 bits per heavy atom. The van der Waals surface area contributed by atoms with Crippen LogP contribution in [0.5, 0.6) is 0 Å². The van der Waals surface area contributed by atoms with E-state index in [1.54, 1.807) is 12.1 Å². The van der Waals surface area contributed by atoms with Gasteiger partial charge in [-0.2, -0.15) is 0 Å². The minimum absolute atomic E-state index is 0.106. The maximum absolute atomic E-state index is 5.84. The van der Waals surface area contributed by atoms with E-state index in [9.17, 15) is 0 Å². The molecule has 0 fully saturated rings. The van der Waals surface area contributed by atoms with Crippen LogP contribution in [0.2, 0.25) is 5.02 Å². The SMILES string of the molecule is Nc1cc(Cl)cc(C#Cc2ccccc2)n1.[Cl][Pd][Cl].c1ccc(P(c2ccccc2)c2ccccc2)cc1.c1ccc(P(c2ccccc2)c2ccccc2)cc1. The zero-order valence-electron chi connectivity index (χ0n) is 30.7. The molecule has 0 unspecified atom stereocenters. The minimum atomic E-state index is -0.446. The van der Waals surface area contributed by atoms with Gasteiger partial charge in [-0.3, -0.25) is 0 Å². The molecule has 8 rings (SSSR count). The van der Waals surface area contributed by atoms with Crippen molar-refractivity contribution in [1.29, 1.82) is 0 Å². The fourth-order valence-electron chi connectivity index (χ4n) is 5.60. The van der Waals surface area contributed by atoms with E-state index in [-0.39, 0.29) is 15.9 Å². The summed E-state index contributed by atoms with van der Waals surface area (Å²) in [6.07, 6.45) is 0. The number of nitrogens with zero attached hydrogens (tertiary/aromatic N) is 1. The summed E-state index contributed by atoms with van der Waals surface area (Å²) < 4.78 is 0. The predicted octanol–water partition coefficient (Wildman–Crippen LogP) is 11.0. The van der Waals surface area contributed by atoms with Crippen molar-refractivity contribution in [3.63, 3.8) is 0 Å². The third-order valence-electron chi connectivity index (χ3n) is 8.00. The van der Waals surface area contributed by atoms with E-state index < -0.39 is 15.8 Å². The van der Waals surface area contributed by atoms with Gasteiger partial charge < -0.3 is 5.73 Å². The Labute approximate surface area is 360 Å². The van der Waals surface area contributed by atoms with Crippen LogP contribution in [0.4, 0.5) is 5.82 Å². The third kappa shape index (κ3) is 14.7. The van der Waals surface area contributed by atoms with E-state index in [0.717, 1.165) is 5.56 Å². The van der Waals surface area contributed by atoms with Gasteiger partial charge in [-0.1, -0.05) is 218 Å². The molecule has 2 N–H and O–H groups in total. The summed E-state index contributed by atoms with van der Waals surface area (Å²) in [6, 6.07) is 77.6. The number of halogens is 3. The van der Waals surface area contributed by atoms with Crippen molar-refractivity contribution in [3.05, 3.63) is 241 Å². The molecule has 8 aromatic rings. The van der Waals surface area contributed by atoms with E-state index in [0.29, 0.717) is 16.5 Å². The van der Waals surface area contributed by atoms with Gasteiger partial charge in [0.2, 0.25) is 0 Å². The van der Waals surface area contributed by atoms with Crippen LogP contribution in [0.25, 0.3) is 0 Å².